The molecule has 0 spiro atoms. The van der Waals surface area contributed by atoms with Gasteiger partial charge in [-0.1, -0.05) is 0 Å². The van der Waals surface area contributed by atoms with Crippen LogP contribution >= 0.6 is 0 Å². The van der Waals surface area contributed by atoms with Crippen molar-refractivity contribution in [1.82, 2.24) is 4.90 Å². The summed E-state index contributed by atoms with van der Waals surface area (Å²) in [6.07, 6.45) is 0. The fraction of sp³-hybridized carbons (Fsp3) is 0.800. The number of hydrogen-bond acceptors (Lipinski definition) is 1. The Bertz CT molecular complexity index is 24.9. The quantitative estimate of drug-likeness (QED) is 0.462. The number of nitrogens with zero attached hydrogens (tertiary/aromatic N) is 1. The summed E-state index contributed by atoms with van der Waals surface area (Å²) >= 11 is 0. The van der Waals surface area contributed by atoms with E-state index in [1.807, 2.05) is 14.1 Å². The average molecular weight is 86.2 g/mol. The van der Waals surface area contributed by atoms with Crippen molar-refractivity contribution >= 4 is 0 Å². The summed E-state index contributed by atoms with van der Waals surface area (Å²) in [7, 11) is 4.07. The molecule has 0 fully saturated rings. The second kappa shape index (κ2) is 2.19. The molecule has 6 heavy (non-hydrogen) atoms. The second-order valence-electron chi connectivity index (χ2n) is 1.84. The van der Waals surface area contributed by atoms with Gasteiger partial charge in [0.05, 0.1) is 0 Å². The Labute approximate surface area is 40.0 Å². The first-order chi connectivity index (χ1) is 2.64. The third-order valence-electron chi connectivity index (χ3n) is 0.894. The SMILES string of the molecule is C[C](C)N(C)C. The number of hydrogen-bond donors (Lipinski definition) is 0. The Morgan fingerprint density at radius 2 is 1.33 bits per heavy atom. The Kier molecular flexibility index (Phi) is 2.18. The summed E-state index contributed by atoms with van der Waals surface area (Å²) in [5, 5.41) is 0. The van der Waals surface area contributed by atoms with Gasteiger partial charge in [0.25, 0.3) is 0 Å². The first-order valence-corrected chi connectivity index (χ1v) is 2.12. The zero-order chi connectivity index (χ0) is 5.15. The van der Waals surface area contributed by atoms with Crippen molar-refractivity contribution in [2.75, 3.05) is 14.1 Å². The highest BCUT2D eigenvalue weighted by atomic mass is 15.1. The van der Waals surface area contributed by atoms with E-state index in [1.54, 1.807) is 0 Å². The topological polar surface area (TPSA) is 3.24 Å². The number of rotatable bonds is 1. The summed E-state index contributed by atoms with van der Waals surface area (Å²) < 4.78 is 0. The van der Waals surface area contributed by atoms with E-state index in [1.165, 1.54) is 6.04 Å². The maximum Gasteiger partial charge on any atom is 0.0325 e. The van der Waals surface area contributed by atoms with E-state index >= 15 is 0 Å². The third-order valence-corrected chi connectivity index (χ3v) is 0.894. The van der Waals surface area contributed by atoms with Gasteiger partial charge in [-0.05, 0) is 27.9 Å². The van der Waals surface area contributed by atoms with E-state index in [9.17, 15) is 0 Å². The molecule has 0 aliphatic heterocycles. The smallest absolute Gasteiger partial charge is 0.0325 e. The Morgan fingerprint density at radius 1 is 1.17 bits per heavy atom. The average Bonchev–Trinajstić information content (AvgIpc) is 1.36. The summed E-state index contributed by atoms with van der Waals surface area (Å²) in [5.74, 6) is 0. The van der Waals surface area contributed by atoms with Crippen molar-refractivity contribution in [3.63, 3.8) is 0 Å². The third kappa shape index (κ3) is 2.21. The fourth-order valence-corrected chi connectivity index (χ4v) is 0. The molecule has 0 rings (SSSR count). The van der Waals surface area contributed by atoms with Crippen LogP contribution in [-0.2, 0) is 0 Å². The lowest BCUT2D eigenvalue weighted by Crippen LogP contribution is -2.12. The Balaban J connectivity index is 2.99. The maximum atomic E-state index is 2.08. The molecule has 0 amide bonds. The molecular weight excluding hydrogens is 74.1 g/mol. The van der Waals surface area contributed by atoms with Crippen LogP contribution in [0.15, 0.2) is 0 Å². The highest BCUT2D eigenvalue weighted by Crippen LogP contribution is 1.95. The van der Waals surface area contributed by atoms with E-state index < -0.39 is 0 Å². The van der Waals surface area contributed by atoms with Gasteiger partial charge in [0.1, 0.15) is 0 Å². The molecule has 0 aromatic rings. The molecule has 0 aromatic heterocycles. The van der Waals surface area contributed by atoms with Crippen molar-refractivity contribution < 1.29 is 0 Å². The van der Waals surface area contributed by atoms with E-state index in [-0.39, 0.29) is 0 Å². The van der Waals surface area contributed by atoms with Crippen LogP contribution in [0.2, 0.25) is 0 Å². The van der Waals surface area contributed by atoms with Gasteiger partial charge >= 0.3 is 0 Å². The zero-order valence-corrected chi connectivity index (χ0v) is 4.95. The van der Waals surface area contributed by atoms with E-state index in [0.29, 0.717) is 0 Å². The first-order valence-electron chi connectivity index (χ1n) is 2.12. The molecule has 1 nitrogen and oxygen atoms in total. The van der Waals surface area contributed by atoms with Crippen LogP contribution in [0, 0.1) is 6.04 Å². The lowest BCUT2D eigenvalue weighted by atomic mass is 10.4. The molecule has 0 aromatic carbocycles. The molecule has 0 aliphatic carbocycles. The van der Waals surface area contributed by atoms with E-state index in [4.69, 9.17) is 0 Å². The fourth-order valence-electron chi connectivity index (χ4n) is 0. The summed E-state index contributed by atoms with van der Waals surface area (Å²) in [6, 6.07) is 1.34. The molecule has 1 heteroatoms. The van der Waals surface area contributed by atoms with Gasteiger partial charge < -0.3 is 4.90 Å². The van der Waals surface area contributed by atoms with Crippen LogP contribution in [0.5, 0.6) is 0 Å². The predicted molar refractivity (Wildman–Crippen MR) is 28.3 cm³/mol. The van der Waals surface area contributed by atoms with Crippen molar-refractivity contribution in [1.29, 1.82) is 0 Å². The van der Waals surface area contributed by atoms with Gasteiger partial charge in [-0.15, -0.1) is 0 Å². The maximum absolute atomic E-state index is 2.08. The van der Waals surface area contributed by atoms with Crippen molar-refractivity contribution in [3.05, 3.63) is 6.04 Å². The lowest BCUT2D eigenvalue weighted by molar-refractivity contribution is 0.435. The van der Waals surface area contributed by atoms with Crippen molar-refractivity contribution in [2.45, 2.75) is 13.8 Å². The van der Waals surface area contributed by atoms with Gasteiger partial charge in [-0.2, -0.15) is 0 Å². The molecule has 0 heterocycles. The molecule has 0 saturated carbocycles. The molecule has 0 atom stereocenters. The predicted octanol–water partition coefficient (Wildman–Crippen LogP) is 1.12. The van der Waals surface area contributed by atoms with Gasteiger partial charge in [0.2, 0.25) is 0 Å². The van der Waals surface area contributed by atoms with E-state index in [2.05, 4.69) is 18.7 Å². The van der Waals surface area contributed by atoms with Gasteiger partial charge in [0, 0.05) is 6.04 Å². The normalized spacial score (nSPS) is 11.0. The van der Waals surface area contributed by atoms with Crippen molar-refractivity contribution in [3.8, 4) is 0 Å². The Hall–Kier alpha value is -0.0400. The molecule has 0 bridgehead atoms. The molecule has 0 saturated heterocycles. The minimum Gasteiger partial charge on any atom is -0.302 e. The summed E-state index contributed by atoms with van der Waals surface area (Å²) in [6.45, 7) is 4.17. The van der Waals surface area contributed by atoms with Crippen molar-refractivity contribution in [2.24, 2.45) is 0 Å². The lowest BCUT2D eigenvalue weighted by Gasteiger charge is -2.11. The Morgan fingerprint density at radius 3 is 1.33 bits per heavy atom. The van der Waals surface area contributed by atoms with Gasteiger partial charge in [0.15, 0.2) is 0 Å². The second-order valence-corrected chi connectivity index (χ2v) is 1.84. The summed E-state index contributed by atoms with van der Waals surface area (Å²) in [4.78, 5) is 2.08. The molecule has 1 radical (unpaired) electrons. The standard InChI is InChI=1S/C5H12N/c1-5(2)6(3)4/h1-4H3. The molecular formula is C5H12N. The summed E-state index contributed by atoms with van der Waals surface area (Å²) in [5.41, 5.74) is 0. The van der Waals surface area contributed by atoms with Gasteiger partial charge in [-0.25, -0.2) is 0 Å². The molecule has 37 valence electrons. The van der Waals surface area contributed by atoms with Gasteiger partial charge in [-0.3, -0.25) is 0 Å². The highest BCUT2D eigenvalue weighted by Gasteiger charge is 1.91. The first kappa shape index (κ1) is 5.96. The van der Waals surface area contributed by atoms with E-state index in [0.717, 1.165) is 0 Å². The molecule has 0 unspecified atom stereocenters. The van der Waals surface area contributed by atoms with Crippen LogP contribution in [-0.4, -0.2) is 19.0 Å². The largest absolute Gasteiger partial charge is 0.302 e. The van der Waals surface area contributed by atoms with Crippen LogP contribution in [0.1, 0.15) is 13.8 Å². The van der Waals surface area contributed by atoms with Crippen LogP contribution < -0.4 is 0 Å². The van der Waals surface area contributed by atoms with Crippen LogP contribution in [0.25, 0.3) is 0 Å². The van der Waals surface area contributed by atoms with Crippen LogP contribution in [0.3, 0.4) is 0 Å². The highest BCUT2D eigenvalue weighted by molar-refractivity contribution is 4.70. The monoisotopic (exact) mass is 86.1 g/mol. The van der Waals surface area contributed by atoms with Crippen LogP contribution in [0.4, 0.5) is 0 Å². The zero-order valence-electron chi connectivity index (χ0n) is 4.95. The minimum atomic E-state index is 1.34. The molecule has 0 N–H and O–H groups in total. The molecule has 0 aliphatic rings. The minimum absolute atomic E-state index is 1.34.